The number of hydrogen-bond donors (Lipinski definition) is 0. The molecule has 2 aromatic rings. The van der Waals surface area contributed by atoms with E-state index in [1.54, 1.807) is 27.3 Å². The lowest BCUT2D eigenvalue weighted by Gasteiger charge is -2.21. The van der Waals surface area contributed by atoms with E-state index >= 15 is 0 Å². The third-order valence-electron chi connectivity index (χ3n) is 3.86. The molecule has 0 aromatic carbocycles. The van der Waals surface area contributed by atoms with Crippen LogP contribution < -0.4 is 0 Å². The molecule has 110 valence electrons. The van der Waals surface area contributed by atoms with Gasteiger partial charge in [0.1, 0.15) is 11.3 Å². The Kier molecular flexibility index (Phi) is 3.60. The number of carbonyl (C=O) groups is 2. The van der Waals surface area contributed by atoms with Gasteiger partial charge in [0.25, 0.3) is 5.91 Å². The van der Waals surface area contributed by atoms with Gasteiger partial charge in [-0.2, -0.15) is 0 Å². The molecule has 3 heterocycles. The second-order valence-corrected chi connectivity index (χ2v) is 5.22. The number of imidazole rings is 1. The number of amides is 2. The molecule has 1 aliphatic rings. The van der Waals surface area contributed by atoms with Crippen molar-refractivity contribution in [3.8, 4) is 0 Å². The summed E-state index contributed by atoms with van der Waals surface area (Å²) in [6.45, 7) is 4.12. The van der Waals surface area contributed by atoms with Gasteiger partial charge in [0, 0.05) is 39.3 Å². The highest BCUT2D eigenvalue weighted by atomic mass is 16.2. The molecular weight excluding hydrogens is 268 g/mol. The Labute approximate surface area is 123 Å². The van der Waals surface area contributed by atoms with Gasteiger partial charge in [-0.05, 0) is 18.6 Å². The average Bonchev–Trinajstić information content (AvgIpc) is 2.75. The summed E-state index contributed by atoms with van der Waals surface area (Å²) in [5.41, 5.74) is 1.34. The Bertz CT molecular complexity index is 679. The minimum Gasteiger partial charge on any atom is -0.341 e. The molecule has 0 bridgehead atoms. The lowest BCUT2D eigenvalue weighted by Crippen LogP contribution is -2.36. The summed E-state index contributed by atoms with van der Waals surface area (Å²) in [5.74, 6) is 0.0400. The van der Waals surface area contributed by atoms with Gasteiger partial charge in [0.05, 0.1) is 6.20 Å². The number of fused-ring (bicyclic) bond motifs is 1. The molecule has 2 aromatic heterocycles. The van der Waals surface area contributed by atoms with Crippen LogP contribution in [0, 0.1) is 0 Å². The third-order valence-corrected chi connectivity index (χ3v) is 3.86. The van der Waals surface area contributed by atoms with E-state index in [0.717, 1.165) is 12.1 Å². The van der Waals surface area contributed by atoms with E-state index in [-0.39, 0.29) is 11.8 Å². The maximum Gasteiger partial charge on any atom is 0.272 e. The fourth-order valence-corrected chi connectivity index (χ4v) is 2.69. The van der Waals surface area contributed by atoms with E-state index in [2.05, 4.69) is 4.98 Å². The Morgan fingerprint density at radius 1 is 1.10 bits per heavy atom. The van der Waals surface area contributed by atoms with Gasteiger partial charge in [-0.25, -0.2) is 4.98 Å². The van der Waals surface area contributed by atoms with Crippen molar-refractivity contribution in [2.75, 3.05) is 26.2 Å². The highest BCUT2D eigenvalue weighted by Gasteiger charge is 2.23. The van der Waals surface area contributed by atoms with Crippen LogP contribution in [0.15, 0.2) is 30.6 Å². The Morgan fingerprint density at radius 3 is 2.67 bits per heavy atom. The van der Waals surface area contributed by atoms with Gasteiger partial charge in [0.2, 0.25) is 5.91 Å². The quantitative estimate of drug-likeness (QED) is 0.786. The maximum absolute atomic E-state index is 12.7. The van der Waals surface area contributed by atoms with Gasteiger partial charge in [-0.15, -0.1) is 0 Å². The number of aromatic nitrogens is 2. The summed E-state index contributed by atoms with van der Waals surface area (Å²) in [7, 11) is 0. The number of pyridine rings is 1. The van der Waals surface area contributed by atoms with Crippen LogP contribution in [-0.4, -0.2) is 57.2 Å². The summed E-state index contributed by atoms with van der Waals surface area (Å²) in [4.78, 5) is 32.0. The number of rotatable bonds is 1. The van der Waals surface area contributed by atoms with E-state index in [4.69, 9.17) is 0 Å². The molecule has 1 saturated heterocycles. The molecule has 6 nitrogen and oxygen atoms in total. The SMILES string of the molecule is CC(=O)N1CCCN(C(=O)c2cnc3ccccn23)CC1. The minimum absolute atomic E-state index is 0.0286. The molecule has 0 saturated carbocycles. The molecular formula is C15H18N4O2. The van der Waals surface area contributed by atoms with Crippen molar-refractivity contribution in [3.05, 3.63) is 36.3 Å². The molecule has 1 fully saturated rings. The number of nitrogens with zero attached hydrogens (tertiary/aromatic N) is 4. The largest absolute Gasteiger partial charge is 0.341 e. The molecule has 1 aliphatic heterocycles. The second kappa shape index (κ2) is 5.55. The molecule has 21 heavy (non-hydrogen) atoms. The molecule has 0 atom stereocenters. The topological polar surface area (TPSA) is 57.9 Å². The van der Waals surface area contributed by atoms with Crippen molar-refractivity contribution in [2.45, 2.75) is 13.3 Å². The first-order chi connectivity index (χ1) is 10.2. The summed E-state index contributed by atoms with van der Waals surface area (Å²) in [5, 5.41) is 0. The lowest BCUT2D eigenvalue weighted by molar-refractivity contribution is -0.128. The monoisotopic (exact) mass is 286 g/mol. The Balaban J connectivity index is 1.80. The lowest BCUT2D eigenvalue weighted by atomic mass is 10.3. The average molecular weight is 286 g/mol. The number of hydrogen-bond acceptors (Lipinski definition) is 3. The van der Waals surface area contributed by atoms with Crippen LogP contribution in [0.5, 0.6) is 0 Å². The van der Waals surface area contributed by atoms with Crippen LogP contribution in [0.1, 0.15) is 23.8 Å². The molecule has 3 rings (SSSR count). The van der Waals surface area contributed by atoms with Crippen molar-refractivity contribution >= 4 is 17.5 Å². The zero-order valence-electron chi connectivity index (χ0n) is 12.0. The fourth-order valence-electron chi connectivity index (χ4n) is 2.69. The van der Waals surface area contributed by atoms with Crippen LogP contribution in [0.2, 0.25) is 0 Å². The van der Waals surface area contributed by atoms with E-state index in [1.165, 1.54) is 0 Å². The summed E-state index contributed by atoms with van der Waals surface area (Å²) < 4.78 is 1.80. The highest BCUT2D eigenvalue weighted by Crippen LogP contribution is 2.11. The second-order valence-electron chi connectivity index (χ2n) is 5.22. The van der Waals surface area contributed by atoms with Crippen LogP contribution in [-0.2, 0) is 4.79 Å². The van der Waals surface area contributed by atoms with Gasteiger partial charge >= 0.3 is 0 Å². The summed E-state index contributed by atoms with van der Waals surface area (Å²) in [6, 6.07) is 5.65. The van der Waals surface area contributed by atoms with Gasteiger partial charge in [-0.1, -0.05) is 6.07 Å². The van der Waals surface area contributed by atoms with E-state index in [1.807, 2.05) is 24.4 Å². The van der Waals surface area contributed by atoms with Gasteiger partial charge in [0.15, 0.2) is 0 Å². The summed E-state index contributed by atoms with van der Waals surface area (Å²) in [6.07, 6.45) is 4.27. The van der Waals surface area contributed by atoms with Crippen molar-refractivity contribution in [2.24, 2.45) is 0 Å². The minimum atomic E-state index is -0.0286. The normalized spacial score (nSPS) is 16.0. The third kappa shape index (κ3) is 2.61. The molecule has 0 N–H and O–H groups in total. The van der Waals surface area contributed by atoms with Crippen LogP contribution in [0.4, 0.5) is 0 Å². The van der Waals surface area contributed by atoms with Crippen molar-refractivity contribution in [1.82, 2.24) is 19.2 Å². The summed E-state index contributed by atoms with van der Waals surface area (Å²) >= 11 is 0. The van der Waals surface area contributed by atoms with Crippen LogP contribution >= 0.6 is 0 Å². The molecule has 0 radical (unpaired) electrons. The van der Waals surface area contributed by atoms with E-state index < -0.39 is 0 Å². The predicted octanol–water partition coefficient (Wildman–Crippen LogP) is 1.03. The molecule has 0 spiro atoms. The van der Waals surface area contributed by atoms with Crippen LogP contribution in [0.3, 0.4) is 0 Å². The Morgan fingerprint density at radius 2 is 1.86 bits per heavy atom. The first kappa shape index (κ1) is 13.6. The molecule has 0 aliphatic carbocycles. The highest BCUT2D eigenvalue weighted by molar-refractivity contribution is 5.93. The first-order valence-corrected chi connectivity index (χ1v) is 7.13. The number of carbonyl (C=O) groups excluding carboxylic acids is 2. The standard InChI is InChI=1S/C15H18N4O2/c1-12(20)17-6-4-7-18(10-9-17)15(21)13-11-16-14-5-2-3-8-19(13)14/h2-3,5,8,11H,4,6-7,9-10H2,1H3. The van der Waals surface area contributed by atoms with Crippen molar-refractivity contribution in [3.63, 3.8) is 0 Å². The zero-order chi connectivity index (χ0) is 14.8. The van der Waals surface area contributed by atoms with Crippen molar-refractivity contribution in [1.29, 1.82) is 0 Å². The molecule has 2 amide bonds. The van der Waals surface area contributed by atoms with E-state index in [9.17, 15) is 9.59 Å². The molecule has 6 heteroatoms. The van der Waals surface area contributed by atoms with Crippen LogP contribution in [0.25, 0.3) is 5.65 Å². The van der Waals surface area contributed by atoms with Gasteiger partial charge in [-0.3, -0.25) is 14.0 Å². The smallest absolute Gasteiger partial charge is 0.272 e. The fraction of sp³-hybridized carbons (Fsp3) is 0.400. The van der Waals surface area contributed by atoms with Crippen molar-refractivity contribution < 1.29 is 9.59 Å². The maximum atomic E-state index is 12.7. The zero-order valence-corrected chi connectivity index (χ0v) is 12.0. The molecule has 0 unspecified atom stereocenters. The predicted molar refractivity (Wildman–Crippen MR) is 78.0 cm³/mol. The Hall–Kier alpha value is -2.37. The first-order valence-electron chi connectivity index (χ1n) is 7.13. The van der Waals surface area contributed by atoms with E-state index in [0.29, 0.717) is 31.9 Å². The van der Waals surface area contributed by atoms with Gasteiger partial charge < -0.3 is 9.80 Å².